The van der Waals surface area contributed by atoms with Gasteiger partial charge in [0.05, 0.1) is 12.2 Å². The summed E-state index contributed by atoms with van der Waals surface area (Å²) in [4.78, 5) is 10.9. The lowest BCUT2D eigenvalue weighted by molar-refractivity contribution is -0.122. The van der Waals surface area contributed by atoms with E-state index in [1.807, 2.05) is 0 Å². The van der Waals surface area contributed by atoms with Crippen LogP contribution in [0.5, 0.6) is 0 Å². The van der Waals surface area contributed by atoms with Gasteiger partial charge in [0.25, 0.3) is 0 Å². The SMILES string of the molecule is CC1CC(=O)CCC12CO2. The first-order chi connectivity index (χ1) is 4.73. The molecule has 1 saturated heterocycles. The Morgan fingerprint density at radius 2 is 2.40 bits per heavy atom. The number of Topliss-reactive ketones (excluding diaryl/α,β-unsaturated/α-hetero) is 1. The zero-order valence-electron chi connectivity index (χ0n) is 6.22. The number of ether oxygens (including phenoxy) is 1. The molecule has 10 heavy (non-hydrogen) atoms. The average molecular weight is 140 g/mol. The maximum atomic E-state index is 10.9. The Bertz CT molecular complexity index is 170. The second-order valence-corrected chi connectivity index (χ2v) is 3.50. The van der Waals surface area contributed by atoms with Gasteiger partial charge in [-0.2, -0.15) is 0 Å². The molecule has 0 aromatic heterocycles. The van der Waals surface area contributed by atoms with Crippen molar-refractivity contribution in [3.05, 3.63) is 0 Å². The van der Waals surface area contributed by atoms with Gasteiger partial charge in [-0.3, -0.25) is 4.79 Å². The summed E-state index contributed by atoms with van der Waals surface area (Å²) in [6.07, 6.45) is 2.44. The molecular weight excluding hydrogens is 128 g/mol. The van der Waals surface area contributed by atoms with Gasteiger partial charge in [0.1, 0.15) is 5.78 Å². The summed E-state index contributed by atoms with van der Waals surface area (Å²) in [5.74, 6) is 0.877. The van der Waals surface area contributed by atoms with E-state index in [0.717, 1.165) is 25.9 Å². The highest BCUT2D eigenvalue weighted by molar-refractivity contribution is 5.80. The Morgan fingerprint density at radius 3 is 2.90 bits per heavy atom. The molecule has 2 atom stereocenters. The first kappa shape index (κ1) is 6.35. The van der Waals surface area contributed by atoms with E-state index in [9.17, 15) is 4.79 Å². The first-order valence-electron chi connectivity index (χ1n) is 3.89. The molecule has 2 nitrogen and oxygen atoms in total. The molecule has 1 spiro atoms. The summed E-state index contributed by atoms with van der Waals surface area (Å²) in [6, 6.07) is 0. The lowest BCUT2D eigenvalue weighted by atomic mass is 9.80. The third-order valence-electron chi connectivity index (χ3n) is 2.77. The van der Waals surface area contributed by atoms with Gasteiger partial charge in [-0.1, -0.05) is 6.92 Å². The second kappa shape index (κ2) is 1.82. The number of rotatable bonds is 0. The van der Waals surface area contributed by atoms with Crippen LogP contribution in [0.3, 0.4) is 0 Å². The van der Waals surface area contributed by atoms with Crippen LogP contribution in [0.2, 0.25) is 0 Å². The van der Waals surface area contributed by atoms with Gasteiger partial charge >= 0.3 is 0 Å². The largest absolute Gasteiger partial charge is 0.369 e. The molecule has 56 valence electrons. The van der Waals surface area contributed by atoms with Crippen LogP contribution in [0, 0.1) is 5.92 Å². The molecule has 1 aliphatic carbocycles. The van der Waals surface area contributed by atoms with Crippen LogP contribution in [-0.2, 0) is 9.53 Å². The second-order valence-electron chi connectivity index (χ2n) is 3.50. The summed E-state index contributed by atoms with van der Waals surface area (Å²) in [5.41, 5.74) is 0.147. The molecule has 2 unspecified atom stereocenters. The van der Waals surface area contributed by atoms with Gasteiger partial charge < -0.3 is 4.74 Å². The number of ketones is 1. The fourth-order valence-electron chi connectivity index (χ4n) is 1.75. The van der Waals surface area contributed by atoms with Crippen LogP contribution < -0.4 is 0 Å². The predicted molar refractivity (Wildman–Crippen MR) is 36.7 cm³/mol. The highest BCUT2D eigenvalue weighted by atomic mass is 16.6. The molecule has 0 N–H and O–H groups in total. The zero-order valence-corrected chi connectivity index (χ0v) is 6.22. The summed E-state index contributed by atoms with van der Waals surface area (Å²) < 4.78 is 5.35. The Morgan fingerprint density at radius 1 is 1.70 bits per heavy atom. The molecular formula is C8H12O2. The number of carbonyl (C=O) groups excluding carboxylic acids is 1. The Kier molecular flexibility index (Phi) is 1.15. The Labute approximate surface area is 60.6 Å². The van der Waals surface area contributed by atoms with Gasteiger partial charge in [0, 0.05) is 12.8 Å². The zero-order chi connectivity index (χ0) is 7.19. The number of hydrogen-bond acceptors (Lipinski definition) is 2. The van der Waals surface area contributed by atoms with Crippen LogP contribution in [0.25, 0.3) is 0 Å². The van der Waals surface area contributed by atoms with Crippen molar-refractivity contribution in [2.24, 2.45) is 5.92 Å². The fraction of sp³-hybridized carbons (Fsp3) is 0.875. The smallest absolute Gasteiger partial charge is 0.133 e. The van der Waals surface area contributed by atoms with Crippen molar-refractivity contribution in [3.63, 3.8) is 0 Å². The third kappa shape index (κ3) is 0.788. The van der Waals surface area contributed by atoms with Gasteiger partial charge in [0.2, 0.25) is 0 Å². The number of epoxide rings is 1. The van der Waals surface area contributed by atoms with Gasteiger partial charge in [-0.15, -0.1) is 0 Å². The summed E-state index contributed by atoms with van der Waals surface area (Å²) in [6.45, 7) is 3.01. The molecule has 2 heteroatoms. The number of hydrogen-bond donors (Lipinski definition) is 0. The van der Waals surface area contributed by atoms with Crippen molar-refractivity contribution < 1.29 is 9.53 Å². The van der Waals surface area contributed by atoms with Crippen molar-refractivity contribution in [2.75, 3.05) is 6.61 Å². The molecule has 0 amide bonds. The van der Waals surface area contributed by atoms with Crippen molar-refractivity contribution in [2.45, 2.75) is 31.8 Å². The molecule has 2 aliphatic rings. The maximum Gasteiger partial charge on any atom is 0.133 e. The molecule has 0 bridgehead atoms. The van der Waals surface area contributed by atoms with Crippen LogP contribution in [0.1, 0.15) is 26.2 Å². The highest BCUT2D eigenvalue weighted by Gasteiger charge is 2.51. The van der Waals surface area contributed by atoms with E-state index in [1.54, 1.807) is 0 Å². The monoisotopic (exact) mass is 140 g/mol. The predicted octanol–water partition coefficient (Wildman–Crippen LogP) is 1.14. The topological polar surface area (TPSA) is 29.6 Å². The Balaban J connectivity index is 2.07. The number of carbonyl (C=O) groups is 1. The third-order valence-corrected chi connectivity index (χ3v) is 2.77. The Hall–Kier alpha value is -0.370. The minimum atomic E-state index is 0.147. The molecule has 0 aromatic carbocycles. The molecule has 1 heterocycles. The average Bonchev–Trinajstić information content (AvgIpc) is 2.62. The quantitative estimate of drug-likeness (QED) is 0.472. The van der Waals surface area contributed by atoms with E-state index < -0.39 is 0 Å². The minimum Gasteiger partial charge on any atom is -0.369 e. The minimum absolute atomic E-state index is 0.147. The maximum absolute atomic E-state index is 10.9. The van der Waals surface area contributed by atoms with E-state index in [0.29, 0.717) is 11.7 Å². The lowest BCUT2D eigenvalue weighted by Gasteiger charge is -2.24. The van der Waals surface area contributed by atoms with Gasteiger partial charge in [-0.25, -0.2) is 0 Å². The van der Waals surface area contributed by atoms with E-state index >= 15 is 0 Å². The van der Waals surface area contributed by atoms with E-state index in [-0.39, 0.29) is 5.60 Å². The molecule has 1 aliphatic heterocycles. The lowest BCUT2D eigenvalue weighted by Crippen LogP contribution is -2.30. The van der Waals surface area contributed by atoms with Gasteiger partial charge in [0.15, 0.2) is 0 Å². The molecule has 1 saturated carbocycles. The van der Waals surface area contributed by atoms with Crippen molar-refractivity contribution >= 4 is 5.78 Å². The summed E-state index contributed by atoms with van der Waals surface area (Å²) in [7, 11) is 0. The van der Waals surface area contributed by atoms with Crippen molar-refractivity contribution in [3.8, 4) is 0 Å². The van der Waals surface area contributed by atoms with Crippen LogP contribution >= 0.6 is 0 Å². The van der Waals surface area contributed by atoms with E-state index in [2.05, 4.69) is 6.92 Å². The fourth-order valence-corrected chi connectivity index (χ4v) is 1.75. The molecule has 2 rings (SSSR count). The van der Waals surface area contributed by atoms with Crippen LogP contribution in [0.4, 0.5) is 0 Å². The summed E-state index contributed by atoms with van der Waals surface area (Å²) in [5, 5.41) is 0. The van der Waals surface area contributed by atoms with Crippen molar-refractivity contribution in [1.29, 1.82) is 0 Å². The van der Waals surface area contributed by atoms with E-state index in [4.69, 9.17) is 4.74 Å². The van der Waals surface area contributed by atoms with E-state index in [1.165, 1.54) is 0 Å². The molecule has 2 fully saturated rings. The van der Waals surface area contributed by atoms with Gasteiger partial charge in [-0.05, 0) is 12.3 Å². The first-order valence-corrected chi connectivity index (χ1v) is 3.89. The van der Waals surface area contributed by atoms with Crippen molar-refractivity contribution in [1.82, 2.24) is 0 Å². The van der Waals surface area contributed by atoms with Crippen LogP contribution in [0.15, 0.2) is 0 Å². The molecule has 0 radical (unpaired) electrons. The summed E-state index contributed by atoms with van der Waals surface area (Å²) >= 11 is 0. The normalized spacial score (nSPS) is 46.1. The highest BCUT2D eigenvalue weighted by Crippen LogP contribution is 2.44. The standard InChI is InChI=1S/C8H12O2/c1-6-4-7(9)2-3-8(6)5-10-8/h6H,2-5H2,1H3. The molecule has 0 aromatic rings. The van der Waals surface area contributed by atoms with Crippen LogP contribution in [-0.4, -0.2) is 18.0 Å².